The number of aromatic nitrogens is 1. The van der Waals surface area contributed by atoms with Crippen molar-refractivity contribution in [2.45, 2.75) is 6.36 Å². The second kappa shape index (κ2) is 7.60. The predicted molar refractivity (Wildman–Crippen MR) is 104 cm³/mol. The Hall–Kier alpha value is -3.72. The molecular formula is C21H15F3N2O4. The van der Waals surface area contributed by atoms with E-state index >= 15 is 0 Å². The Morgan fingerprint density at radius 1 is 0.967 bits per heavy atom. The van der Waals surface area contributed by atoms with Crippen LogP contribution in [0.25, 0.3) is 33.7 Å². The number of halogens is 3. The van der Waals surface area contributed by atoms with Crippen LogP contribution in [0.1, 0.15) is 0 Å². The van der Waals surface area contributed by atoms with Gasteiger partial charge in [-0.05, 0) is 53.6 Å². The number of oxazole rings is 1. The molecule has 1 heterocycles. The first kappa shape index (κ1) is 19.6. The molecule has 0 aliphatic carbocycles. The van der Waals surface area contributed by atoms with Gasteiger partial charge in [-0.1, -0.05) is 18.2 Å². The number of benzene rings is 3. The van der Waals surface area contributed by atoms with E-state index in [2.05, 4.69) is 15.2 Å². The molecule has 30 heavy (non-hydrogen) atoms. The smallest absolute Gasteiger partial charge is 0.496 e. The van der Waals surface area contributed by atoms with Crippen LogP contribution in [-0.4, -0.2) is 23.7 Å². The normalized spacial score (nSPS) is 11.5. The highest BCUT2D eigenvalue weighted by Crippen LogP contribution is 2.35. The number of rotatable bonds is 5. The van der Waals surface area contributed by atoms with E-state index in [9.17, 15) is 13.2 Å². The van der Waals surface area contributed by atoms with Gasteiger partial charge in [0.05, 0.1) is 18.4 Å². The molecule has 0 spiro atoms. The van der Waals surface area contributed by atoms with Crippen molar-refractivity contribution < 1.29 is 32.3 Å². The summed E-state index contributed by atoms with van der Waals surface area (Å²) < 4.78 is 52.0. The maximum absolute atomic E-state index is 12.3. The summed E-state index contributed by atoms with van der Waals surface area (Å²) in [6.45, 7) is 0. The molecule has 3 aromatic carbocycles. The number of nitrogens with one attached hydrogen (secondary N) is 1. The molecule has 0 fully saturated rings. The molecule has 0 saturated carbocycles. The summed E-state index contributed by atoms with van der Waals surface area (Å²) in [6, 6.07) is 15.8. The van der Waals surface area contributed by atoms with Gasteiger partial charge in [0.15, 0.2) is 5.58 Å². The van der Waals surface area contributed by atoms with E-state index in [4.69, 9.17) is 14.4 Å². The zero-order valence-corrected chi connectivity index (χ0v) is 15.5. The topological polar surface area (TPSA) is 76.8 Å². The minimum atomic E-state index is -4.73. The van der Waals surface area contributed by atoms with Crippen molar-refractivity contribution in [2.24, 2.45) is 0 Å². The Labute approximate surface area is 168 Å². The largest absolute Gasteiger partial charge is 0.573 e. The summed E-state index contributed by atoms with van der Waals surface area (Å²) in [5.41, 5.74) is 5.57. The Balaban J connectivity index is 1.68. The van der Waals surface area contributed by atoms with Gasteiger partial charge < -0.3 is 13.9 Å². The number of hydrogen-bond acceptors (Lipinski definition) is 6. The first-order valence-corrected chi connectivity index (χ1v) is 8.71. The number of alkyl halides is 3. The van der Waals surface area contributed by atoms with E-state index in [0.29, 0.717) is 39.6 Å². The van der Waals surface area contributed by atoms with Crippen molar-refractivity contribution >= 4 is 16.8 Å². The molecule has 154 valence electrons. The lowest BCUT2D eigenvalue weighted by molar-refractivity contribution is -0.274. The summed E-state index contributed by atoms with van der Waals surface area (Å²) >= 11 is 0. The fourth-order valence-corrected chi connectivity index (χ4v) is 3.02. The van der Waals surface area contributed by atoms with Gasteiger partial charge in [0.2, 0.25) is 5.89 Å². The van der Waals surface area contributed by atoms with Crippen molar-refractivity contribution in [3.8, 4) is 34.1 Å². The molecule has 9 heteroatoms. The third-order valence-corrected chi connectivity index (χ3v) is 4.37. The highest BCUT2D eigenvalue weighted by Gasteiger charge is 2.31. The fourth-order valence-electron chi connectivity index (χ4n) is 3.02. The SMILES string of the molecule is COc1ccc(NO)cc1-c1nc2cc(-c3ccc(OC(F)(F)F)cc3)ccc2o1. The Morgan fingerprint density at radius 2 is 1.70 bits per heavy atom. The van der Waals surface area contributed by atoms with Gasteiger partial charge in [0.1, 0.15) is 17.0 Å². The summed E-state index contributed by atoms with van der Waals surface area (Å²) in [4.78, 5) is 4.49. The molecule has 0 aliphatic heterocycles. The molecule has 4 aromatic rings. The minimum Gasteiger partial charge on any atom is -0.496 e. The fraction of sp³-hybridized carbons (Fsp3) is 0.0952. The van der Waals surface area contributed by atoms with Gasteiger partial charge in [0.25, 0.3) is 0 Å². The van der Waals surface area contributed by atoms with E-state index in [-0.39, 0.29) is 5.75 Å². The quantitative estimate of drug-likeness (QED) is 0.396. The van der Waals surface area contributed by atoms with Crippen LogP contribution in [-0.2, 0) is 0 Å². The Bertz CT molecular complexity index is 1190. The number of hydrogen-bond donors (Lipinski definition) is 2. The van der Waals surface area contributed by atoms with E-state index in [0.717, 1.165) is 5.56 Å². The molecule has 0 radical (unpaired) electrons. The van der Waals surface area contributed by atoms with Crippen molar-refractivity contribution in [2.75, 3.05) is 12.6 Å². The molecule has 0 bridgehead atoms. The summed E-state index contributed by atoms with van der Waals surface area (Å²) in [6.07, 6.45) is -4.73. The molecular weight excluding hydrogens is 401 g/mol. The third kappa shape index (κ3) is 4.01. The lowest BCUT2D eigenvalue weighted by Gasteiger charge is -2.09. The van der Waals surface area contributed by atoms with Crippen LogP contribution in [0.4, 0.5) is 18.9 Å². The molecule has 0 aliphatic rings. The average Bonchev–Trinajstić information content (AvgIpc) is 3.16. The number of ether oxygens (including phenoxy) is 2. The second-order valence-electron chi connectivity index (χ2n) is 6.30. The number of anilines is 1. The summed E-state index contributed by atoms with van der Waals surface area (Å²) in [7, 11) is 1.51. The minimum absolute atomic E-state index is 0.291. The molecule has 0 atom stereocenters. The first-order chi connectivity index (χ1) is 14.4. The Kier molecular flexibility index (Phi) is 4.96. The maximum Gasteiger partial charge on any atom is 0.573 e. The molecule has 2 N–H and O–H groups in total. The van der Waals surface area contributed by atoms with Crippen LogP contribution in [0.15, 0.2) is 65.1 Å². The van der Waals surface area contributed by atoms with E-state index in [1.54, 1.807) is 36.4 Å². The highest BCUT2D eigenvalue weighted by molar-refractivity contribution is 5.83. The molecule has 0 unspecified atom stereocenters. The number of fused-ring (bicyclic) bond motifs is 1. The monoisotopic (exact) mass is 416 g/mol. The van der Waals surface area contributed by atoms with Gasteiger partial charge in [0, 0.05) is 0 Å². The van der Waals surface area contributed by atoms with Crippen molar-refractivity contribution in [1.29, 1.82) is 0 Å². The average molecular weight is 416 g/mol. The van der Waals surface area contributed by atoms with Gasteiger partial charge >= 0.3 is 6.36 Å². The van der Waals surface area contributed by atoms with E-state index in [1.807, 2.05) is 0 Å². The molecule has 0 amide bonds. The van der Waals surface area contributed by atoms with E-state index < -0.39 is 6.36 Å². The van der Waals surface area contributed by atoms with Crippen LogP contribution < -0.4 is 15.0 Å². The van der Waals surface area contributed by atoms with Crippen molar-refractivity contribution in [3.05, 3.63) is 60.7 Å². The molecule has 4 rings (SSSR count). The number of methoxy groups -OCH3 is 1. The predicted octanol–water partition coefficient (Wildman–Crippen LogP) is 5.87. The maximum atomic E-state index is 12.3. The molecule has 6 nitrogen and oxygen atoms in total. The van der Waals surface area contributed by atoms with Crippen LogP contribution >= 0.6 is 0 Å². The number of nitrogens with zero attached hydrogens (tertiary/aromatic N) is 1. The van der Waals surface area contributed by atoms with Crippen molar-refractivity contribution in [1.82, 2.24) is 4.98 Å². The van der Waals surface area contributed by atoms with Crippen LogP contribution in [0, 0.1) is 0 Å². The van der Waals surface area contributed by atoms with E-state index in [1.165, 1.54) is 31.4 Å². The van der Waals surface area contributed by atoms with Gasteiger partial charge in [-0.2, -0.15) is 0 Å². The molecule has 0 saturated heterocycles. The molecule has 1 aromatic heterocycles. The standard InChI is InChI=1S/C21H15F3N2O4/c1-28-18-9-5-14(26-27)11-16(18)20-25-17-10-13(4-8-19(17)29-20)12-2-6-15(7-3-12)30-21(22,23)24/h2-11,26-27H,1H3. The summed E-state index contributed by atoms with van der Waals surface area (Å²) in [5, 5.41) is 9.14. The Morgan fingerprint density at radius 3 is 2.37 bits per heavy atom. The van der Waals surface area contributed by atoms with Crippen molar-refractivity contribution in [3.63, 3.8) is 0 Å². The zero-order chi connectivity index (χ0) is 21.3. The lowest BCUT2D eigenvalue weighted by atomic mass is 10.1. The third-order valence-electron chi connectivity index (χ3n) is 4.37. The highest BCUT2D eigenvalue weighted by atomic mass is 19.4. The van der Waals surface area contributed by atoms with Gasteiger partial charge in [-0.3, -0.25) is 10.7 Å². The van der Waals surface area contributed by atoms with Crippen LogP contribution in [0.3, 0.4) is 0 Å². The van der Waals surface area contributed by atoms with Crippen LogP contribution in [0.2, 0.25) is 0 Å². The van der Waals surface area contributed by atoms with Gasteiger partial charge in [-0.25, -0.2) is 4.98 Å². The summed E-state index contributed by atoms with van der Waals surface area (Å²) in [5.74, 6) is 0.520. The second-order valence-corrected chi connectivity index (χ2v) is 6.30. The first-order valence-electron chi connectivity index (χ1n) is 8.71. The zero-order valence-electron chi connectivity index (χ0n) is 15.5. The lowest BCUT2D eigenvalue weighted by Crippen LogP contribution is -2.16. The van der Waals surface area contributed by atoms with Gasteiger partial charge in [-0.15, -0.1) is 13.2 Å². The van der Waals surface area contributed by atoms with Crippen LogP contribution in [0.5, 0.6) is 11.5 Å².